The van der Waals surface area contributed by atoms with Gasteiger partial charge in [0.15, 0.2) is 0 Å². The van der Waals surface area contributed by atoms with E-state index in [9.17, 15) is 0 Å². The number of hydrogen-bond acceptors (Lipinski definition) is 2. The Kier molecular flexibility index (Phi) is 5.86. The molecule has 3 nitrogen and oxygen atoms in total. The smallest absolute Gasteiger partial charge is 0.108 e. The molecule has 0 aliphatic heterocycles. The van der Waals surface area contributed by atoms with Crippen molar-refractivity contribution in [3.05, 3.63) is 18.2 Å². The summed E-state index contributed by atoms with van der Waals surface area (Å²) in [5.74, 6) is 1.23. The number of nitrogens with zero attached hydrogens (tertiary/aromatic N) is 2. The highest BCUT2D eigenvalue weighted by Crippen LogP contribution is 2.23. The van der Waals surface area contributed by atoms with E-state index < -0.39 is 0 Å². The van der Waals surface area contributed by atoms with Gasteiger partial charge in [0.25, 0.3) is 0 Å². The highest BCUT2D eigenvalue weighted by atomic mass is 15.1. The molecule has 18 heavy (non-hydrogen) atoms. The molecule has 1 aromatic rings. The van der Waals surface area contributed by atoms with Crippen LogP contribution < -0.4 is 5.32 Å². The van der Waals surface area contributed by atoms with Gasteiger partial charge in [0.1, 0.15) is 5.82 Å². The summed E-state index contributed by atoms with van der Waals surface area (Å²) >= 11 is 0. The maximum atomic E-state index is 4.48. The van der Waals surface area contributed by atoms with Crippen molar-refractivity contribution in [2.75, 3.05) is 6.54 Å². The molecule has 0 saturated carbocycles. The van der Waals surface area contributed by atoms with Gasteiger partial charge in [-0.2, -0.15) is 0 Å². The molecule has 0 amide bonds. The molecule has 1 heterocycles. The normalized spacial score (nSPS) is 13.8. The molecule has 1 rings (SSSR count). The van der Waals surface area contributed by atoms with Gasteiger partial charge in [0.05, 0.1) is 0 Å². The first-order valence-electron chi connectivity index (χ1n) is 7.22. The summed E-state index contributed by atoms with van der Waals surface area (Å²) in [6.07, 6.45) is 7.39. The lowest BCUT2D eigenvalue weighted by Crippen LogP contribution is -2.40. The van der Waals surface area contributed by atoms with Gasteiger partial charge in [0, 0.05) is 31.4 Å². The number of nitrogens with one attached hydrogen (secondary N) is 1. The van der Waals surface area contributed by atoms with Gasteiger partial charge in [-0.15, -0.1) is 0 Å². The Balaban J connectivity index is 2.58. The monoisotopic (exact) mass is 251 g/mol. The van der Waals surface area contributed by atoms with Crippen LogP contribution in [-0.2, 0) is 13.0 Å². The van der Waals surface area contributed by atoms with Crippen LogP contribution in [0.1, 0.15) is 53.3 Å². The van der Waals surface area contributed by atoms with Crippen LogP contribution in [-0.4, -0.2) is 22.1 Å². The van der Waals surface area contributed by atoms with Crippen molar-refractivity contribution in [2.45, 2.75) is 66.5 Å². The van der Waals surface area contributed by atoms with Crippen molar-refractivity contribution in [3.63, 3.8) is 0 Å². The Hall–Kier alpha value is -0.830. The molecule has 104 valence electrons. The number of aryl methyl sites for hydroxylation is 2. The largest absolute Gasteiger partial charge is 0.335 e. The van der Waals surface area contributed by atoms with Gasteiger partial charge in [-0.25, -0.2) is 4.98 Å². The van der Waals surface area contributed by atoms with Crippen molar-refractivity contribution in [1.29, 1.82) is 0 Å². The van der Waals surface area contributed by atoms with Crippen molar-refractivity contribution >= 4 is 0 Å². The highest BCUT2D eigenvalue weighted by molar-refractivity contribution is 4.94. The van der Waals surface area contributed by atoms with Crippen LogP contribution in [0.15, 0.2) is 12.4 Å². The van der Waals surface area contributed by atoms with Crippen LogP contribution in [0, 0.1) is 5.41 Å². The van der Waals surface area contributed by atoms with E-state index in [-0.39, 0.29) is 0 Å². The van der Waals surface area contributed by atoms with Crippen molar-refractivity contribution in [2.24, 2.45) is 5.41 Å². The molecule has 1 atom stereocenters. The van der Waals surface area contributed by atoms with E-state index >= 15 is 0 Å². The summed E-state index contributed by atoms with van der Waals surface area (Å²) in [6, 6.07) is 0.550. The fourth-order valence-corrected chi connectivity index (χ4v) is 2.37. The van der Waals surface area contributed by atoms with Crippen LogP contribution >= 0.6 is 0 Å². The molecule has 1 unspecified atom stereocenters. The van der Waals surface area contributed by atoms with Crippen molar-refractivity contribution < 1.29 is 0 Å². The van der Waals surface area contributed by atoms with E-state index in [4.69, 9.17) is 0 Å². The summed E-state index contributed by atoms with van der Waals surface area (Å²) < 4.78 is 2.28. The highest BCUT2D eigenvalue weighted by Gasteiger charge is 2.23. The summed E-state index contributed by atoms with van der Waals surface area (Å²) in [5.41, 5.74) is 0.304. The van der Waals surface area contributed by atoms with Crippen LogP contribution in [0.2, 0.25) is 0 Å². The SMILES string of the molecule is CCCn1ccnc1CCC(NCC)C(C)(C)C. The first kappa shape index (κ1) is 15.2. The molecule has 0 aliphatic carbocycles. The molecule has 0 aromatic carbocycles. The van der Waals surface area contributed by atoms with Crippen LogP contribution in [0.5, 0.6) is 0 Å². The van der Waals surface area contributed by atoms with Gasteiger partial charge in [0.2, 0.25) is 0 Å². The fourth-order valence-electron chi connectivity index (χ4n) is 2.37. The second-order valence-corrected chi connectivity index (χ2v) is 6.05. The van der Waals surface area contributed by atoms with E-state index in [0.29, 0.717) is 11.5 Å². The lowest BCUT2D eigenvalue weighted by molar-refractivity contribution is 0.257. The maximum Gasteiger partial charge on any atom is 0.108 e. The third-order valence-electron chi connectivity index (χ3n) is 3.42. The molecule has 0 saturated heterocycles. The predicted molar refractivity (Wildman–Crippen MR) is 77.8 cm³/mol. The van der Waals surface area contributed by atoms with Gasteiger partial charge in [-0.3, -0.25) is 0 Å². The van der Waals surface area contributed by atoms with E-state index in [1.165, 1.54) is 12.2 Å². The molecular formula is C15H29N3. The molecular weight excluding hydrogens is 222 g/mol. The minimum atomic E-state index is 0.304. The second-order valence-electron chi connectivity index (χ2n) is 6.05. The van der Waals surface area contributed by atoms with Crippen LogP contribution in [0.25, 0.3) is 0 Å². The van der Waals surface area contributed by atoms with Crippen LogP contribution in [0.3, 0.4) is 0 Å². The molecule has 1 aromatic heterocycles. The van der Waals surface area contributed by atoms with Crippen molar-refractivity contribution in [1.82, 2.24) is 14.9 Å². The summed E-state index contributed by atoms with van der Waals surface area (Å²) in [7, 11) is 0. The Morgan fingerprint density at radius 2 is 2.06 bits per heavy atom. The fraction of sp³-hybridized carbons (Fsp3) is 0.800. The molecule has 0 aliphatic rings. The molecule has 3 heteroatoms. The Bertz CT molecular complexity index is 336. The Labute approximate surface area is 112 Å². The average molecular weight is 251 g/mol. The zero-order chi connectivity index (χ0) is 13.6. The molecule has 0 bridgehead atoms. The minimum absolute atomic E-state index is 0.304. The zero-order valence-corrected chi connectivity index (χ0v) is 12.7. The predicted octanol–water partition coefficient (Wildman–Crippen LogP) is 3.25. The lowest BCUT2D eigenvalue weighted by Gasteiger charge is -2.31. The molecule has 0 fully saturated rings. The van der Waals surface area contributed by atoms with Gasteiger partial charge < -0.3 is 9.88 Å². The van der Waals surface area contributed by atoms with Gasteiger partial charge in [-0.1, -0.05) is 34.6 Å². The van der Waals surface area contributed by atoms with Gasteiger partial charge >= 0.3 is 0 Å². The van der Waals surface area contributed by atoms with E-state index in [2.05, 4.69) is 55.7 Å². The standard InChI is InChI=1S/C15H29N3/c1-6-11-18-12-10-17-14(18)9-8-13(16-7-2)15(3,4)5/h10,12-13,16H,6-9,11H2,1-5H3. The number of hydrogen-bond donors (Lipinski definition) is 1. The lowest BCUT2D eigenvalue weighted by atomic mass is 9.84. The first-order chi connectivity index (χ1) is 8.49. The minimum Gasteiger partial charge on any atom is -0.335 e. The van der Waals surface area contributed by atoms with E-state index in [1.807, 2.05) is 6.20 Å². The Morgan fingerprint density at radius 3 is 2.61 bits per heavy atom. The molecule has 0 spiro atoms. The zero-order valence-electron chi connectivity index (χ0n) is 12.7. The first-order valence-corrected chi connectivity index (χ1v) is 7.22. The van der Waals surface area contributed by atoms with E-state index in [0.717, 1.165) is 25.9 Å². The van der Waals surface area contributed by atoms with Crippen LogP contribution in [0.4, 0.5) is 0 Å². The molecule has 0 radical (unpaired) electrons. The summed E-state index contributed by atoms with van der Waals surface area (Å²) in [5, 5.41) is 3.60. The Morgan fingerprint density at radius 1 is 1.33 bits per heavy atom. The summed E-state index contributed by atoms with van der Waals surface area (Å²) in [6.45, 7) is 13.4. The maximum absolute atomic E-state index is 4.48. The van der Waals surface area contributed by atoms with E-state index in [1.54, 1.807) is 0 Å². The quantitative estimate of drug-likeness (QED) is 0.806. The third-order valence-corrected chi connectivity index (χ3v) is 3.42. The third kappa shape index (κ3) is 4.45. The molecule has 1 N–H and O–H groups in total. The topological polar surface area (TPSA) is 29.9 Å². The number of rotatable bonds is 7. The number of aromatic nitrogens is 2. The average Bonchev–Trinajstić information content (AvgIpc) is 2.71. The summed E-state index contributed by atoms with van der Waals surface area (Å²) in [4.78, 5) is 4.48. The van der Waals surface area contributed by atoms with Gasteiger partial charge in [-0.05, 0) is 24.8 Å². The van der Waals surface area contributed by atoms with Crippen molar-refractivity contribution in [3.8, 4) is 0 Å². The number of imidazole rings is 1. The second kappa shape index (κ2) is 6.93.